The topological polar surface area (TPSA) is 92.6 Å². The molecule has 0 saturated carbocycles. The first-order valence-corrected chi connectivity index (χ1v) is 11.0. The standard InChI is InChI=1S/C26H26N4O3/c1-15(2)18-10-12-20(13-11-18)24-22(23(29-33)19-8-5-16(3)6-9-19)25(31)26(32)30(24)21-14-7-17(4)27-28-21/h5-15,22-24H,1-4H3. The number of amides is 1. The molecule has 1 aromatic heterocycles. The summed E-state index contributed by atoms with van der Waals surface area (Å²) in [6.07, 6.45) is 0. The Kier molecular flexibility index (Phi) is 6.14. The lowest BCUT2D eigenvalue weighted by Gasteiger charge is -2.28. The molecule has 1 amide bonds. The fraction of sp³-hybridized carbons (Fsp3) is 0.308. The van der Waals surface area contributed by atoms with E-state index in [1.165, 1.54) is 4.90 Å². The van der Waals surface area contributed by atoms with Gasteiger partial charge in [0.1, 0.15) is 6.04 Å². The van der Waals surface area contributed by atoms with E-state index in [1.54, 1.807) is 31.2 Å². The molecule has 4 rings (SSSR count). The molecular weight excluding hydrogens is 416 g/mol. The number of nitrogens with zero attached hydrogens (tertiary/aromatic N) is 4. The summed E-state index contributed by atoms with van der Waals surface area (Å²) < 4.78 is 0. The number of Topliss-reactive ketones (excluding diaryl/α,β-unsaturated/α-hetero) is 1. The highest BCUT2D eigenvalue weighted by molar-refractivity contribution is 6.45. The van der Waals surface area contributed by atoms with E-state index in [0.717, 1.165) is 16.7 Å². The molecule has 1 saturated heterocycles. The van der Waals surface area contributed by atoms with Gasteiger partial charge in [-0.2, -0.15) is 10.0 Å². The van der Waals surface area contributed by atoms with E-state index in [9.17, 15) is 14.5 Å². The van der Waals surface area contributed by atoms with Crippen molar-refractivity contribution in [3.8, 4) is 0 Å². The van der Waals surface area contributed by atoms with Crippen LogP contribution in [0.1, 0.15) is 59.8 Å². The highest BCUT2D eigenvalue weighted by Gasteiger charge is 2.53. The second kappa shape index (κ2) is 9.02. The quantitative estimate of drug-likeness (QED) is 0.396. The van der Waals surface area contributed by atoms with Gasteiger partial charge in [0.2, 0.25) is 5.78 Å². The zero-order valence-corrected chi connectivity index (χ0v) is 19.1. The molecule has 3 unspecified atom stereocenters. The second-order valence-electron chi connectivity index (χ2n) is 8.83. The zero-order valence-electron chi connectivity index (χ0n) is 19.1. The number of aromatic nitrogens is 2. The van der Waals surface area contributed by atoms with Crippen LogP contribution >= 0.6 is 0 Å². The van der Waals surface area contributed by atoms with Crippen LogP contribution in [-0.4, -0.2) is 21.9 Å². The Hall–Kier alpha value is -3.74. The van der Waals surface area contributed by atoms with Gasteiger partial charge in [0.25, 0.3) is 5.91 Å². The maximum atomic E-state index is 13.3. The molecule has 1 aliphatic rings. The van der Waals surface area contributed by atoms with Crippen molar-refractivity contribution in [2.24, 2.45) is 11.1 Å². The minimum atomic E-state index is -1.01. The number of nitroso groups, excluding NO2 is 1. The Bertz CT molecular complexity index is 1170. The fourth-order valence-electron chi connectivity index (χ4n) is 4.31. The number of hydrogen-bond acceptors (Lipinski definition) is 6. The van der Waals surface area contributed by atoms with Gasteiger partial charge in [-0.05, 0) is 48.6 Å². The predicted molar refractivity (Wildman–Crippen MR) is 126 cm³/mol. The van der Waals surface area contributed by atoms with Gasteiger partial charge >= 0.3 is 0 Å². The van der Waals surface area contributed by atoms with Crippen LogP contribution in [0.5, 0.6) is 0 Å². The van der Waals surface area contributed by atoms with Crippen molar-refractivity contribution in [1.29, 1.82) is 0 Å². The summed E-state index contributed by atoms with van der Waals surface area (Å²) >= 11 is 0. The van der Waals surface area contributed by atoms with Gasteiger partial charge in [-0.3, -0.25) is 14.5 Å². The van der Waals surface area contributed by atoms with Crippen LogP contribution in [0, 0.1) is 24.7 Å². The van der Waals surface area contributed by atoms with Crippen molar-refractivity contribution in [2.75, 3.05) is 4.90 Å². The molecule has 7 nitrogen and oxygen atoms in total. The van der Waals surface area contributed by atoms with Crippen molar-refractivity contribution in [2.45, 2.75) is 45.7 Å². The van der Waals surface area contributed by atoms with E-state index in [4.69, 9.17) is 0 Å². The molecule has 0 spiro atoms. The summed E-state index contributed by atoms with van der Waals surface area (Å²) in [7, 11) is 0. The van der Waals surface area contributed by atoms with Gasteiger partial charge in [0.15, 0.2) is 5.82 Å². The molecule has 3 atom stereocenters. The number of ketones is 1. The third-order valence-electron chi connectivity index (χ3n) is 6.20. The van der Waals surface area contributed by atoms with Gasteiger partial charge < -0.3 is 0 Å². The van der Waals surface area contributed by atoms with Crippen LogP contribution in [0.3, 0.4) is 0 Å². The van der Waals surface area contributed by atoms with E-state index in [2.05, 4.69) is 29.2 Å². The van der Waals surface area contributed by atoms with Gasteiger partial charge in [-0.25, -0.2) is 0 Å². The molecule has 0 bridgehead atoms. The van der Waals surface area contributed by atoms with Crippen LogP contribution < -0.4 is 4.90 Å². The maximum Gasteiger partial charge on any atom is 0.296 e. The van der Waals surface area contributed by atoms with Gasteiger partial charge in [0, 0.05) is 0 Å². The summed E-state index contributed by atoms with van der Waals surface area (Å²) in [6, 6.07) is 16.7. The average Bonchev–Trinajstić information content (AvgIpc) is 3.07. The van der Waals surface area contributed by atoms with E-state index in [-0.39, 0.29) is 5.82 Å². The predicted octanol–water partition coefficient (Wildman–Crippen LogP) is 5.00. The van der Waals surface area contributed by atoms with Crippen molar-refractivity contribution in [3.05, 3.63) is 93.5 Å². The Balaban J connectivity index is 1.86. The van der Waals surface area contributed by atoms with Crippen LogP contribution in [0.25, 0.3) is 0 Å². The monoisotopic (exact) mass is 442 g/mol. The van der Waals surface area contributed by atoms with Crippen molar-refractivity contribution in [1.82, 2.24) is 10.2 Å². The fourth-order valence-corrected chi connectivity index (χ4v) is 4.31. The Morgan fingerprint density at radius 2 is 1.48 bits per heavy atom. The molecule has 1 fully saturated rings. The molecule has 0 aliphatic carbocycles. The summed E-state index contributed by atoms with van der Waals surface area (Å²) in [6.45, 7) is 7.92. The number of anilines is 1. The number of carbonyl (C=O) groups is 2. The van der Waals surface area contributed by atoms with Gasteiger partial charge in [0.05, 0.1) is 17.7 Å². The average molecular weight is 443 g/mol. The van der Waals surface area contributed by atoms with Crippen LogP contribution in [0.2, 0.25) is 0 Å². The van der Waals surface area contributed by atoms with Crippen molar-refractivity contribution < 1.29 is 9.59 Å². The minimum Gasteiger partial charge on any atom is -0.288 e. The lowest BCUT2D eigenvalue weighted by atomic mass is 9.83. The largest absolute Gasteiger partial charge is 0.296 e. The lowest BCUT2D eigenvalue weighted by Crippen LogP contribution is -2.31. The van der Waals surface area contributed by atoms with Crippen LogP contribution in [-0.2, 0) is 9.59 Å². The second-order valence-corrected chi connectivity index (χ2v) is 8.83. The summed E-state index contributed by atoms with van der Waals surface area (Å²) in [5.74, 6) is -1.74. The van der Waals surface area contributed by atoms with Crippen molar-refractivity contribution >= 4 is 17.5 Å². The molecule has 0 N–H and O–H groups in total. The lowest BCUT2D eigenvalue weighted by molar-refractivity contribution is -0.135. The first-order chi connectivity index (χ1) is 15.8. The third-order valence-corrected chi connectivity index (χ3v) is 6.20. The summed E-state index contributed by atoms with van der Waals surface area (Å²) in [4.78, 5) is 40.0. The number of hydrogen-bond donors (Lipinski definition) is 0. The highest BCUT2D eigenvalue weighted by Crippen LogP contribution is 2.46. The molecule has 2 heterocycles. The maximum absolute atomic E-state index is 13.3. The summed E-state index contributed by atoms with van der Waals surface area (Å²) in [5.41, 5.74) is 4.19. The van der Waals surface area contributed by atoms with E-state index in [0.29, 0.717) is 17.2 Å². The third kappa shape index (κ3) is 4.18. The SMILES string of the molecule is Cc1ccc(C(N=O)C2C(=O)C(=O)N(c3ccc(C)nn3)C2c2ccc(C(C)C)cc2)cc1. The minimum absolute atomic E-state index is 0.271. The molecular formula is C26H26N4O3. The Labute approximate surface area is 192 Å². The molecule has 3 aromatic rings. The normalized spacial score (nSPS) is 19.2. The Morgan fingerprint density at radius 3 is 2.03 bits per heavy atom. The summed E-state index contributed by atoms with van der Waals surface area (Å²) in [5, 5.41) is 11.6. The molecule has 0 radical (unpaired) electrons. The smallest absolute Gasteiger partial charge is 0.288 e. The van der Waals surface area contributed by atoms with Crippen LogP contribution in [0.4, 0.5) is 5.82 Å². The molecule has 33 heavy (non-hydrogen) atoms. The first kappa shape index (κ1) is 22.5. The number of benzene rings is 2. The first-order valence-electron chi connectivity index (χ1n) is 11.0. The van der Waals surface area contributed by atoms with Gasteiger partial charge in [-0.1, -0.05) is 73.1 Å². The highest BCUT2D eigenvalue weighted by atomic mass is 16.3. The van der Waals surface area contributed by atoms with E-state index >= 15 is 0 Å². The molecule has 168 valence electrons. The number of carbonyl (C=O) groups excluding carboxylic acids is 2. The molecule has 7 heteroatoms. The van der Waals surface area contributed by atoms with E-state index in [1.807, 2.05) is 43.3 Å². The Morgan fingerprint density at radius 1 is 0.848 bits per heavy atom. The van der Waals surface area contributed by atoms with Crippen molar-refractivity contribution in [3.63, 3.8) is 0 Å². The van der Waals surface area contributed by atoms with E-state index < -0.39 is 29.7 Å². The molecule has 2 aromatic carbocycles. The number of rotatable bonds is 6. The van der Waals surface area contributed by atoms with Crippen LogP contribution in [0.15, 0.2) is 65.8 Å². The van der Waals surface area contributed by atoms with Gasteiger partial charge in [-0.15, -0.1) is 5.10 Å². The zero-order chi connectivity index (χ0) is 23.7. The number of aryl methyl sites for hydroxylation is 2. The molecule has 1 aliphatic heterocycles.